The molecule has 0 aliphatic carbocycles. The molecular formula is C6H16Ge. The fourth-order valence-electron chi connectivity index (χ4n) is 0.866. The maximum absolute atomic E-state index is 2.34. The van der Waals surface area contributed by atoms with Crippen LogP contribution in [0.4, 0.5) is 0 Å². The van der Waals surface area contributed by atoms with Crippen molar-refractivity contribution in [3.63, 3.8) is 0 Å². The standard InChI is InChI=1S/C6H16Ge/c1-4-7(5-2)6-3/h7H,4-6H2,1-3H3. The molecule has 0 atom stereocenters. The number of hydrogen-bond donors (Lipinski definition) is 0. The van der Waals surface area contributed by atoms with Crippen molar-refractivity contribution in [2.24, 2.45) is 0 Å². The Kier molecular flexibility index (Phi) is 5.06. The Morgan fingerprint density at radius 1 is 0.857 bits per heavy atom. The van der Waals surface area contributed by atoms with E-state index in [9.17, 15) is 0 Å². The summed E-state index contributed by atoms with van der Waals surface area (Å²) in [6.07, 6.45) is 0. The van der Waals surface area contributed by atoms with Crippen LogP contribution in [-0.4, -0.2) is 14.3 Å². The molecule has 0 saturated heterocycles. The van der Waals surface area contributed by atoms with E-state index >= 15 is 0 Å². The Hall–Kier alpha value is 0.543. The summed E-state index contributed by atoms with van der Waals surface area (Å²) in [6, 6.07) is 0. The first-order chi connectivity index (χ1) is 3.35. The Morgan fingerprint density at radius 2 is 1.14 bits per heavy atom. The van der Waals surface area contributed by atoms with E-state index in [1.54, 1.807) is 15.8 Å². The average molecular weight is 161 g/mol. The van der Waals surface area contributed by atoms with Gasteiger partial charge in [-0.2, -0.15) is 0 Å². The molecule has 0 heterocycles. The Labute approximate surface area is 51.4 Å². The molecule has 0 unspecified atom stereocenters. The molecule has 44 valence electrons. The summed E-state index contributed by atoms with van der Waals surface area (Å²) in [5, 5.41) is 4.62. The minimum atomic E-state index is -0.576. The topological polar surface area (TPSA) is 0 Å². The monoisotopic (exact) mass is 162 g/mol. The van der Waals surface area contributed by atoms with Gasteiger partial charge in [-0.1, -0.05) is 0 Å². The zero-order chi connectivity index (χ0) is 5.70. The molecule has 0 aliphatic heterocycles. The van der Waals surface area contributed by atoms with E-state index in [4.69, 9.17) is 0 Å². The first kappa shape index (κ1) is 7.54. The molecule has 0 aromatic rings. The third-order valence-electron chi connectivity index (χ3n) is 1.73. The van der Waals surface area contributed by atoms with Crippen LogP contribution in [0.3, 0.4) is 0 Å². The van der Waals surface area contributed by atoms with Gasteiger partial charge in [0.15, 0.2) is 0 Å². The molecule has 0 radical (unpaired) electrons. The van der Waals surface area contributed by atoms with Crippen LogP contribution in [0.5, 0.6) is 0 Å². The summed E-state index contributed by atoms with van der Waals surface area (Å²) in [7, 11) is 0. The first-order valence-corrected chi connectivity index (χ1v) is 8.49. The molecule has 7 heavy (non-hydrogen) atoms. The molecule has 1 heteroatoms. The second-order valence-electron chi connectivity index (χ2n) is 2.09. The van der Waals surface area contributed by atoms with E-state index in [0.29, 0.717) is 0 Å². The van der Waals surface area contributed by atoms with Gasteiger partial charge in [-0.25, -0.2) is 0 Å². The van der Waals surface area contributed by atoms with E-state index in [1.165, 1.54) is 0 Å². The summed E-state index contributed by atoms with van der Waals surface area (Å²) in [4.78, 5) is 0. The van der Waals surface area contributed by atoms with Crippen LogP contribution in [0.25, 0.3) is 0 Å². The van der Waals surface area contributed by atoms with E-state index in [2.05, 4.69) is 20.8 Å². The Bertz CT molecular complexity index is 25.7. The third kappa shape index (κ3) is 3.15. The molecule has 0 amide bonds. The summed E-state index contributed by atoms with van der Waals surface area (Å²) in [6.45, 7) is 7.03. The molecule has 0 spiro atoms. The quantitative estimate of drug-likeness (QED) is 0.556. The zero-order valence-electron chi connectivity index (χ0n) is 5.70. The molecule has 0 saturated carbocycles. The molecule has 0 aromatic heterocycles. The molecule has 0 rings (SSSR count). The van der Waals surface area contributed by atoms with Crippen LogP contribution >= 0.6 is 0 Å². The van der Waals surface area contributed by atoms with Crippen LogP contribution in [0, 0.1) is 0 Å². The first-order valence-electron chi connectivity index (χ1n) is 3.35. The number of hydrogen-bond acceptors (Lipinski definition) is 0. The minimum absolute atomic E-state index is 0.576. The molecule has 0 fully saturated rings. The van der Waals surface area contributed by atoms with Gasteiger partial charge in [-0.15, -0.1) is 0 Å². The van der Waals surface area contributed by atoms with E-state index < -0.39 is 14.3 Å². The van der Waals surface area contributed by atoms with Crippen molar-refractivity contribution >= 4 is 14.3 Å². The summed E-state index contributed by atoms with van der Waals surface area (Å²) in [5.41, 5.74) is 0. The van der Waals surface area contributed by atoms with Crippen molar-refractivity contribution in [2.45, 2.75) is 36.5 Å². The molecular weight excluding hydrogens is 145 g/mol. The van der Waals surface area contributed by atoms with Crippen LogP contribution in [0.15, 0.2) is 0 Å². The van der Waals surface area contributed by atoms with Gasteiger partial charge in [0, 0.05) is 0 Å². The van der Waals surface area contributed by atoms with Crippen molar-refractivity contribution in [2.75, 3.05) is 0 Å². The molecule has 0 nitrogen and oxygen atoms in total. The van der Waals surface area contributed by atoms with Crippen molar-refractivity contribution in [3.8, 4) is 0 Å². The van der Waals surface area contributed by atoms with Crippen molar-refractivity contribution < 1.29 is 0 Å². The molecule has 0 bridgehead atoms. The third-order valence-corrected chi connectivity index (χ3v) is 9.00. The average Bonchev–Trinajstić information content (AvgIpc) is 1.72. The second kappa shape index (κ2) is 4.70. The van der Waals surface area contributed by atoms with Gasteiger partial charge in [-0.05, 0) is 0 Å². The predicted octanol–water partition coefficient (Wildman–Crippen LogP) is 2.27. The summed E-state index contributed by atoms with van der Waals surface area (Å²) in [5.74, 6) is 0. The van der Waals surface area contributed by atoms with Crippen molar-refractivity contribution in [1.82, 2.24) is 0 Å². The Balaban J connectivity index is 2.99. The molecule has 0 N–H and O–H groups in total. The SMILES string of the molecule is C[CH2][GeH]([CH2]C)[CH2]C. The maximum atomic E-state index is 2.34. The van der Waals surface area contributed by atoms with Gasteiger partial charge in [0.2, 0.25) is 0 Å². The van der Waals surface area contributed by atoms with Gasteiger partial charge in [0.25, 0.3) is 0 Å². The van der Waals surface area contributed by atoms with Gasteiger partial charge >= 0.3 is 50.9 Å². The van der Waals surface area contributed by atoms with E-state index in [1.807, 2.05) is 0 Å². The summed E-state index contributed by atoms with van der Waals surface area (Å²) >= 11 is -0.576. The fraction of sp³-hybridized carbons (Fsp3) is 1.00. The van der Waals surface area contributed by atoms with Gasteiger partial charge in [-0.3, -0.25) is 0 Å². The van der Waals surface area contributed by atoms with Crippen molar-refractivity contribution in [3.05, 3.63) is 0 Å². The normalized spacial score (nSPS) is 10.3. The fourth-order valence-corrected chi connectivity index (χ4v) is 4.50. The zero-order valence-corrected chi connectivity index (χ0v) is 8.12. The molecule has 0 aromatic carbocycles. The van der Waals surface area contributed by atoms with Gasteiger partial charge in [0.1, 0.15) is 0 Å². The van der Waals surface area contributed by atoms with Crippen molar-refractivity contribution in [1.29, 1.82) is 0 Å². The van der Waals surface area contributed by atoms with E-state index in [0.717, 1.165) is 0 Å². The summed E-state index contributed by atoms with van der Waals surface area (Å²) < 4.78 is 0. The van der Waals surface area contributed by atoms with Gasteiger partial charge in [0.05, 0.1) is 0 Å². The van der Waals surface area contributed by atoms with Crippen LogP contribution in [-0.2, 0) is 0 Å². The van der Waals surface area contributed by atoms with Crippen LogP contribution in [0.2, 0.25) is 15.8 Å². The Morgan fingerprint density at radius 3 is 1.14 bits per heavy atom. The van der Waals surface area contributed by atoms with Gasteiger partial charge < -0.3 is 0 Å². The molecule has 0 aliphatic rings. The van der Waals surface area contributed by atoms with Crippen LogP contribution < -0.4 is 0 Å². The predicted molar refractivity (Wildman–Crippen MR) is 38.6 cm³/mol. The van der Waals surface area contributed by atoms with E-state index in [-0.39, 0.29) is 0 Å². The second-order valence-corrected chi connectivity index (χ2v) is 10.9. The van der Waals surface area contributed by atoms with Crippen LogP contribution in [0.1, 0.15) is 20.8 Å². The number of rotatable bonds is 3.